The highest BCUT2D eigenvalue weighted by Crippen LogP contribution is 2.45. The molecule has 0 aliphatic heterocycles. The Kier molecular flexibility index (Phi) is 9.98. The quantitative estimate of drug-likeness (QED) is 0.144. The van der Waals surface area contributed by atoms with Gasteiger partial charge in [0.25, 0.3) is 0 Å². The van der Waals surface area contributed by atoms with Gasteiger partial charge in [-0.25, -0.2) is 0 Å². The number of para-hydroxylation sites is 3. The van der Waals surface area contributed by atoms with Crippen molar-refractivity contribution < 1.29 is 4.42 Å². The first-order valence-corrected chi connectivity index (χ1v) is 23.9. The number of benzene rings is 10. The number of furan rings is 1. The summed E-state index contributed by atoms with van der Waals surface area (Å²) in [5.41, 5.74) is 20.5. The number of allylic oxidation sites excluding steroid dienone is 4. The Hall–Kier alpha value is -8.92. The van der Waals surface area contributed by atoms with Crippen molar-refractivity contribution in [2.75, 3.05) is 4.90 Å². The molecule has 0 spiro atoms. The summed E-state index contributed by atoms with van der Waals surface area (Å²) in [5.74, 6) is 0. The molecular formula is C66H46N2O. The molecule has 0 fully saturated rings. The third-order valence-corrected chi connectivity index (χ3v) is 13.9. The third-order valence-electron chi connectivity index (χ3n) is 13.9. The van der Waals surface area contributed by atoms with Gasteiger partial charge < -0.3 is 13.9 Å². The van der Waals surface area contributed by atoms with Crippen molar-refractivity contribution in [3.8, 4) is 50.2 Å². The van der Waals surface area contributed by atoms with Gasteiger partial charge in [0, 0.05) is 55.4 Å². The van der Waals surface area contributed by atoms with Crippen molar-refractivity contribution in [3.63, 3.8) is 0 Å². The number of hydrogen-bond acceptors (Lipinski definition) is 2. The van der Waals surface area contributed by atoms with Gasteiger partial charge in [0.15, 0.2) is 0 Å². The van der Waals surface area contributed by atoms with Crippen LogP contribution in [0.3, 0.4) is 0 Å². The van der Waals surface area contributed by atoms with Crippen LogP contribution in [0.2, 0.25) is 0 Å². The molecule has 2 aromatic heterocycles. The molecule has 10 aromatic carbocycles. The summed E-state index contributed by atoms with van der Waals surface area (Å²) >= 11 is 0. The minimum absolute atomic E-state index is 0.881. The van der Waals surface area contributed by atoms with E-state index in [2.05, 4.69) is 264 Å². The lowest BCUT2D eigenvalue weighted by Gasteiger charge is -2.30. The Balaban J connectivity index is 0.971. The standard InChI is InChI=1S/C66H46N2O/c1-5-16-45(17-6-1)47-28-35-54(36-29-47)67(55-37-30-48(31-38-55)46-18-7-2-8-19-46)56-39-32-50(33-40-56)61-42-52(43-62-60-26-15-25-57(65(60)69-66(61)62)49-20-9-3-10-21-49)51-34-41-59-58-24-13-14-27-63(58)68(64(59)44-51)53-22-11-4-12-23-53/h1-30,32-37,39-44H,31,38H2. The molecule has 0 bridgehead atoms. The molecule has 12 aromatic rings. The maximum Gasteiger partial charge on any atom is 0.143 e. The van der Waals surface area contributed by atoms with E-state index >= 15 is 0 Å². The largest absolute Gasteiger partial charge is 0.455 e. The Morgan fingerprint density at radius 2 is 0.884 bits per heavy atom. The fourth-order valence-electron chi connectivity index (χ4n) is 10.5. The van der Waals surface area contributed by atoms with Gasteiger partial charge in [0.1, 0.15) is 11.2 Å². The second-order valence-corrected chi connectivity index (χ2v) is 18.0. The number of rotatable bonds is 9. The summed E-state index contributed by atoms with van der Waals surface area (Å²) in [6.07, 6.45) is 6.50. The van der Waals surface area contributed by atoms with E-state index in [0.29, 0.717) is 0 Å². The molecule has 326 valence electrons. The molecule has 1 aliphatic rings. The first-order valence-electron chi connectivity index (χ1n) is 23.9. The van der Waals surface area contributed by atoms with Gasteiger partial charge in [-0.1, -0.05) is 188 Å². The predicted molar refractivity (Wildman–Crippen MR) is 290 cm³/mol. The molecule has 2 heterocycles. The fraction of sp³-hybridized carbons (Fsp3) is 0.0303. The molecule has 0 unspecified atom stereocenters. The molecular weight excluding hydrogens is 837 g/mol. The van der Waals surface area contributed by atoms with Gasteiger partial charge in [-0.05, 0) is 124 Å². The molecule has 69 heavy (non-hydrogen) atoms. The zero-order chi connectivity index (χ0) is 45.7. The van der Waals surface area contributed by atoms with Crippen molar-refractivity contribution in [1.29, 1.82) is 0 Å². The molecule has 3 nitrogen and oxygen atoms in total. The molecule has 1 aliphatic carbocycles. The van der Waals surface area contributed by atoms with Gasteiger partial charge in [0.05, 0.1) is 11.0 Å². The molecule has 0 amide bonds. The van der Waals surface area contributed by atoms with E-state index in [4.69, 9.17) is 4.42 Å². The van der Waals surface area contributed by atoms with Crippen LogP contribution in [0, 0.1) is 0 Å². The fourth-order valence-corrected chi connectivity index (χ4v) is 10.5. The molecule has 0 N–H and O–H groups in total. The van der Waals surface area contributed by atoms with Crippen molar-refractivity contribution in [3.05, 3.63) is 266 Å². The van der Waals surface area contributed by atoms with E-state index in [-0.39, 0.29) is 0 Å². The minimum Gasteiger partial charge on any atom is -0.455 e. The molecule has 0 saturated carbocycles. The second kappa shape index (κ2) is 17.1. The van der Waals surface area contributed by atoms with Gasteiger partial charge >= 0.3 is 0 Å². The highest BCUT2D eigenvalue weighted by atomic mass is 16.3. The first kappa shape index (κ1) is 40.4. The smallest absolute Gasteiger partial charge is 0.143 e. The van der Waals surface area contributed by atoms with Crippen molar-refractivity contribution in [1.82, 2.24) is 4.57 Å². The van der Waals surface area contributed by atoms with Crippen LogP contribution in [0.15, 0.2) is 265 Å². The Morgan fingerprint density at radius 3 is 1.58 bits per heavy atom. The number of nitrogens with zero attached hydrogens (tertiary/aromatic N) is 2. The van der Waals surface area contributed by atoms with Crippen LogP contribution >= 0.6 is 0 Å². The van der Waals surface area contributed by atoms with Crippen LogP contribution in [-0.4, -0.2) is 4.57 Å². The van der Waals surface area contributed by atoms with Crippen molar-refractivity contribution >= 4 is 60.7 Å². The van der Waals surface area contributed by atoms with Gasteiger partial charge in [0.2, 0.25) is 0 Å². The lowest BCUT2D eigenvalue weighted by molar-refractivity contribution is 0.671. The normalized spacial score (nSPS) is 12.7. The van der Waals surface area contributed by atoms with E-state index in [9.17, 15) is 0 Å². The summed E-state index contributed by atoms with van der Waals surface area (Å²) in [4.78, 5) is 2.43. The summed E-state index contributed by atoms with van der Waals surface area (Å²) in [5, 5.41) is 4.67. The highest BCUT2D eigenvalue weighted by molar-refractivity contribution is 6.15. The monoisotopic (exact) mass is 882 g/mol. The lowest BCUT2D eigenvalue weighted by atomic mass is 9.94. The van der Waals surface area contributed by atoms with E-state index in [1.165, 1.54) is 49.8 Å². The van der Waals surface area contributed by atoms with Gasteiger partial charge in [-0.3, -0.25) is 0 Å². The van der Waals surface area contributed by atoms with E-state index in [0.717, 1.165) is 85.2 Å². The summed E-state index contributed by atoms with van der Waals surface area (Å²) in [6.45, 7) is 0. The number of fused-ring (bicyclic) bond motifs is 6. The van der Waals surface area contributed by atoms with Crippen molar-refractivity contribution in [2.24, 2.45) is 0 Å². The van der Waals surface area contributed by atoms with Crippen LogP contribution in [0.25, 0.3) is 99.5 Å². The second-order valence-electron chi connectivity index (χ2n) is 18.0. The van der Waals surface area contributed by atoms with Crippen molar-refractivity contribution in [2.45, 2.75) is 12.8 Å². The average molecular weight is 883 g/mol. The zero-order valence-electron chi connectivity index (χ0n) is 38.0. The van der Waals surface area contributed by atoms with Gasteiger partial charge in [-0.2, -0.15) is 0 Å². The molecule has 0 atom stereocenters. The lowest BCUT2D eigenvalue weighted by Crippen LogP contribution is -2.17. The zero-order valence-corrected chi connectivity index (χ0v) is 38.0. The minimum atomic E-state index is 0.881. The van der Waals surface area contributed by atoms with E-state index < -0.39 is 0 Å². The summed E-state index contributed by atoms with van der Waals surface area (Å²) in [7, 11) is 0. The Bertz CT molecular complexity index is 3900. The van der Waals surface area contributed by atoms with Gasteiger partial charge in [-0.15, -0.1) is 0 Å². The third kappa shape index (κ3) is 7.24. The van der Waals surface area contributed by atoms with E-state index in [1.807, 2.05) is 0 Å². The van der Waals surface area contributed by atoms with Crippen LogP contribution in [0.4, 0.5) is 11.4 Å². The number of aromatic nitrogens is 1. The Labute approximate surface area is 401 Å². The predicted octanol–water partition coefficient (Wildman–Crippen LogP) is 18.3. The maximum absolute atomic E-state index is 7.11. The van der Waals surface area contributed by atoms with Crippen LogP contribution in [0.1, 0.15) is 18.4 Å². The molecule has 3 heteroatoms. The number of hydrogen-bond donors (Lipinski definition) is 0. The van der Waals surface area contributed by atoms with Crippen LogP contribution < -0.4 is 4.90 Å². The summed E-state index contributed by atoms with van der Waals surface area (Å²) < 4.78 is 9.50. The summed E-state index contributed by atoms with van der Waals surface area (Å²) in [6, 6.07) is 87.6. The highest BCUT2D eigenvalue weighted by Gasteiger charge is 2.22. The molecule has 13 rings (SSSR count). The van der Waals surface area contributed by atoms with Crippen LogP contribution in [-0.2, 0) is 0 Å². The number of anilines is 2. The maximum atomic E-state index is 7.11. The average Bonchev–Trinajstić information content (AvgIpc) is 3.98. The SMILES string of the molecule is C1=C(c2ccccc2)CCC(N(c2ccc(-c3ccccc3)cc2)c2ccc(-c3cc(-c4ccc5c6ccccc6n(-c6ccccc6)c5c4)cc4c3oc3c(-c5ccccc5)cccc34)cc2)=C1. The van der Waals surface area contributed by atoms with Crippen LogP contribution in [0.5, 0.6) is 0 Å². The molecule has 0 radical (unpaired) electrons. The first-order chi connectivity index (χ1) is 34.2. The molecule has 0 saturated heterocycles. The van der Waals surface area contributed by atoms with E-state index in [1.54, 1.807) is 0 Å². The Morgan fingerprint density at radius 1 is 0.333 bits per heavy atom. The topological polar surface area (TPSA) is 21.3 Å².